The molecular weight excluding hydrogens is 456 g/mol. The molecule has 1 amide bonds. The van der Waals surface area contributed by atoms with E-state index in [-0.39, 0.29) is 35.0 Å². The SMILES string of the molecule is O=C(Nc1ccc(Cl)c(S(=O)(=O)N2CCOCC2)c1)c1ccc(OC[C@@H]2CCCO2)cc1. The van der Waals surface area contributed by atoms with E-state index in [2.05, 4.69) is 5.32 Å². The normalized spacial score (nSPS) is 19.6. The maximum absolute atomic E-state index is 13.0. The third-order valence-electron chi connectivity index (χ3n) is 5.35. The maximum Gasteiger partial charge on any atom is 0.255 e. The molecule has 0 aromatic heterocycles. The smallest absolute Gasteiger partial charge is 0.255 e. The molecule has 172 valence electrons. The van der Waals surface area contributed by atoms with Crippen LogP contribution in [0.5, 0.6) is 5.75 Å². The van der Waals surface area contributed by atoms with Crippen LogP contribution in [-0.4, -0.2) is 64.3 Å². The van der Waals surface area contributed by atoms with Crippen molar-refractivity contribution in [2.45, 2.75) is 23.8 Å². The monoisotopic (exact) mass is 480 g/mol. The predicted molar refractivity (Wildman–Crippen MR) is 120 cm³/mol. The van der Waals surface area contributed by atoms with Gasteiger partial charge in [0.15, 0.2) is 0 Å². The summed E-state index contributed by atoms with van der Waals surface area (Å²) in [4.78, 5) is 12.6. The highest BCUT2D eigenvalue weighted by atomic mass is 35.5. The van der Waals surface area contributed by atoms with Crippen LogP contribution >= 0.6 is 11.6 Å². The highest BCUT2D eigenvalue weighted by Crippen LogP contribution is 2.28. The molecule has 0 radical (unpaired) electrons. The van der Waals surface area contributed by atoms with Crippen LogP contribution in [0.2, 0.25) is 5.02 Å². The summed E-state index contributed by atoms with van der Waals surface area (Å²) in [5.74, 6) is 0.287. The van der Waals surface area contributed by atoms with Crippen molar-refractivity contribution in [3.8, 4) is 5.75 Å². The number of ether oxygens (including phenoxy) is 3. The first-order valence-corrected chi connectivity index (χ1v) is 12.3. The summed E-state index contributed by atoms with van der Waals surface area (Å²) < 4.78 is 43.7. The first kappa shape index (κ1) is 23.0. The molecule has 10 heteroatoms. The number of morpholine rings is 1. The Kier molecular flexibility index (Phi) is 7.32. The van der Waals surface area contributed by atoms with Crippen LogP contribution in [-0.2, 0) is 19.5 Å². The molecule has 0 bridgehead atoms. The van der Waals surface area contributed by atoms with Crippen LogP contribution in [0, 0.1) is 0 Å². The fraction of sp³-hybridized carbons (Fsp3) is 0.409. The number of anilines is 1. The summed E-state index contributed by atoms with van der Waals surface area (Å²) in [5, 5.41) is 2.83. The van der Waals surface area contributed by atoms with Crippen LogP contribution in [0.3, 0.4) is 0 Å². The zero-order chi connectivity index (χ0) is 22.6. The average molecular weight is 481 g/mol. The Bertz CT molecular complexity index is 1050. The lowest BCUT2D eigenvalue weighted by Crippen LogP contribution is -2.40. The summed E-state index contributed by atoms with van der Waals surface area (Å²) in [6.07, 6.45) is 2.16. The summed E-state index contributed by atoms with van der Waals surface area (Å²) in [6, 6.07) is 11.2. The number of sulfonamides is 1. The van der Waals surface area contributed by atoms with Crippen LogP contribution in [0.15, 0.2) is 47.4 Å². The Morgan fingerprint density at radius 2 is 1.88 bits per heavy atom. The number of benzene rings is 2. The molecule has 0 saturated carbocycles. The van der Waals surface area contributed by atoms with E-state index in [0.717, 1.165) is 19.4 Å². The largest absolute Gasteiger partial charge is 0.491 e. The van der Waals surface area contributed by atoms with Gasteiger partial charge in [-0.05, 0) is 55.3 Å². The zero-order valence-electron chi connectivity index (χ0n) is 17.5. The van der Waals surface area contributed by atoms with E-state index in [1.165, 1.54) is 16.4 Å². The number of carbonyl (C=O) groups excluding carboxylic acids is 1. The third kappa shape index (κ3) is 5.41. The lowest BCUT2D eigenvalue weighted by Gasteiger charge is -2.26. The number of carbonyl (C=O) groups is 1. The third-order valence-corrected chi connectivity index (χ3v) is 7.73. The Hall–Kier alpha value is -2.17. The van der Waals surface area contributed by atoms with Crippen molar-refractivity contribution in [2.75, 3.05) is 44.8 Å². The van der Waals surface area contributed by atoms with E-state index in [4.69, 9.17) is 25.8 Å². The Morgan fingerprint density at radius 1 is 1.12 bits per heavy atom. The molecule has 2 heterocycles. The van der Waals surface area contributed by atoms with Gasteiger partial charge >= 0.3 is 0 Å². The summed E-state index contributed by atoms with van der Waals surface area (Å²) in [7, 11) is -3.79. The van der Waals surface area contributed by atoms with Gasteiger partial charge < -0.3 is 19.5 Å². The van der Waals surface area contributed by atoms with Gasteiger partial charge in [0.2, 0.25) is 10.0 Å². The number of hydrogen-bond donors (Lipinski definition) is 1. The first-order valence-electron chi connectivity index (χ1n) is 10.5. The van der Waals surface area contributed by atoms with Crippen molar-refractivity contribution in [3.05, 3.63) is 53.1 Å². The van der Waals surface area contributed by atoms with Gasteiger partial charge in [-0.3, -0.25) is 4.79 Å². The fourth-order valence-electron chi connectivity index (χ4n) is 3.58. The van der Waals surface area contributed by atoms with E-state index >= 15 is 0 Å². The van der Waals surface area contributed by atoms with Gasteiger partial charge in [0.1, 0.15) is 17.3 Å². The number of nitrogens with zero attached hydrogens (tertiary/aromatic N) is 1. The molecule has 8 nitrogen and oxygen atoms in total. The van der Waals surface area contributed by atoms with Crippen molar-refractivity contribution in [1.29, 1.82) is 0 Å². The molecule has 0 spiro atoms. The van der Waals surface area contributed by atoms with E-state index in [1.54, 1.807) is 30.3 Å². The quantitative estimate of drug-likeness (QED) is 0.654. The molecule has 32 heavy (non-hydrogen) atoms. The van der Waals surface area contributed by atoms with Gasteiger partial charge in [-0.15, -0.1) is 0 Å². The number of hydrogen-bond acceptors (Lipinski definition) is 6. The van der Waals surface area contributed by atoms with E-state index in [1.807, 2.05) is 0 Å². The molecule has 1 N–H and O–H groups in total. The van der Waals surface area contributed by atoms with Crippen LogP contribution in [0.4, 0.5) is 5.69 Å². The highest BCUT2D eigenvalue weighted by molar-refractivity contribution is 7.89. The van der Waals surface area contributed by atoms with Gasteiger partial charge in [-0.25, -0.2) is 8.42 Å². The molecule has 2 aromatic carbocycles. The van der Waals surface area contributed by atoms with Crippen LogP contribution in [0.25, 0.3) is 0 Å². The van der Waals surface area contributed by atoms with Gasteiger partial charge in [0, 0.05) is 30.9 Å². The minimum absolute atomic E-state index is 0.0447. The Labute approximate surface area is 192 Å². The van der Waals surface area contributed by atoms with Crippen molar-refractivity contribution in [2.24, 2.45) is 0 Å². The minimum Gasteiger partial charge on any atom is -0.491 e. The Morgan fingerprint density at radius 3 is 2.56 bits per heavy atom. The summed E-state index contributed by atoms with van der Waals surface area (Å²) in [6.45, 7) is 2.44. The number of nitrogens with one attached hydrogen (secondary N) is 1. The molecule has 2 aromatic rings. The van der Waals surface area contributed by atoms with Gasteiger partial charge in [0.05, 0.1) is 24.3 Å². The van der Waals surface area contributed by atoms with Crippen LogP contribution in [0.1, 0.15) is 23.2 Å². The molecule has 2 aliphatic rings. The van der Waals surface area contributed by atoms with Crippen molar-refractivity contribution in [3.63, 3.8) is 0 Å². The van der Waals surface area contributed by atoms with Crippen molar-refractivity contribution in [1.82, 2.24) is 4.31 Å². The van der Waals surface area contributed by atoms with Crippen LogP contribution < -0.4 is 10.1 Å². The summed E-state index contributed by atoms with van der Waals surface area (Å²) >= 11 is 6.18. The molecule has 2 aliphatic heterocycles. The predicted octanol–water partition coefficient (Wildman–Crippen LogP) is 3.17. The molecule has 1 atom stereocenters. The van der Waals surface area contributed by atoms with E-state index in [9.17, 15) is 13.2 Å². The molecule has 2 fully saturated rings. The van der Waals surface area contributed by atoms with Gasteiger partial charge in [-0.2, -0.15) is 4.31 Å². The topological polar surface area (TPSA) is 94.2 Å². The summed E-state index contributed by atoms with van der Waals surface area (Å²) in [5.41, 5.74) is 0.756. The number of amides is 1. The lowest BCUT2D eigenvalue weighted by atomic mass is 10.2. The molecule has 0 aliphatic carbocycles. The highest BCUT2D eigenvalue weighted by Gasteiger charge is 2.28. The Balaban J connectivity index is 1.42. The second-order valence-corrected chi connectivity index (χ2v) is 9.90. The van der Waals surface area contributed by atoms with Crippen molar-refractivity contribution < 1.29 is 27.4 Å². The number of halogens is 1. The molecule has 2 saturated heterocycles. The standard InChI is InChI=1S/C22H25ClN2O6S/c23-20-8-5-17(14-21(20)32(27,28)25-9-12-29-13-10-25)24-22(26)16-3-6-18(7-4-16)31-15-19-2-1-11-30-19/h3-8,14,19H,1-2,9-13,15H2,(H,24,26)/t19-/m0/s1. The van der Waals surface area contributed by atoms with Gasteiger partial charge in [0.25, 0.3) is 5.91 Å². The lowest BCUT2D eigenvalue weighted by molar-refractivity contribution is 0.0679. The second-order valence-electron chi connectivity index (χ2n) is 7.59. The first-order chi connectivity index (χ1) is 15.4. The zero-order valence-corrected chi connectivity index (χ0v) is 19.0. The maximum atomic E-state index is 13.0. The van der Waals surface area contributed by atoms with E-state index in [0.29, 0.717) is 36.8 Å². The number of rotatable bonds is 7. The van der Waals surface area contributed by atoms with E-state index < -0.39 is 10.0 Å². The van der Waals surface area contributed by atoms with Crippen molar-refractivity contribution >= 4 is 33.2 Å². The molecular formula is C22H25ClN2O6S. The minimum atomic E-state index is -3.79. The second kappa shape index (κ2) is 10.2. The molecule has 0 unspecified atom stereocenters. The van der Waals surface area contributed by atoms with Gasteiger partial charge in [-0.1, -0.05) is 11.6 Å². The fourth-order valence-corrected chi connectivity index (χ4v) is 5.48. The molecule has 4 rings (SSSR count). The average Bonchev–Trinajstić information content (AvgIpc) is 3.33.